The molecule has 0 unspecified atom stereocenters. The molecular weight excluding hydrogens is 254 g/mol. The van der Waals surface area contributed by atoms with Crippen LogP contribution >= 0.6 is 0 Å². The summed E-state index contributed by atoms with van der Waals surface area (Å²) >= 11 is 0. The molecule has 0 aromatic heterocycles. The number of nitrogens with one attached hydrogen (secondary N) is 1. The maximum atomic E-state index is 11.6. The van der Waals surface area contributed by atoms with Gasteiger partial charge in [0.2, 0.25) is 0 Å². The first-order valence-corrected chi connectivity index (χ1v) is 6.88. The molecule has 4 nitrogen and oxygen atoms in total. The minimum absolute atomic E-state index is 0.125. The second kappa shape index (κ2) is 5.09. The van der Waals surface area contributed by atoms with Gasteiger partial charge in [0.1, 0.15) is 16.9 Å². The lowest BCUT2D eigenvalue weighted by atomic mass is 9.99. The lowest BCUT2D eigenvalue weighted by molar-refractivity contribution is -0.147. The normalized spacial score (nSPS) is 16.4. The van der Waals surface area contributed by atoms with E-state index in [1.54, 1.807) is 0 Å². The second-order valence-corrected chi connectivity index (χ2v) is 6.45. The molecule has 1 heterocycles. The van der Waals surface area contributed by atoms with Gasteiger partial charge in [0.25, 0.3) is 0 Å². The Morgan fingerprint density at radius 1 is 1.45 bits per heavy atom. The van der Waals surface area contributed by atoms with Crippen LogP contribution in [0.5, 0.6) is 5.75 Å². The number of rotatable bonds is 4. The molecule has 0 saturated heterocycles. The molecule has 2 rings (SSSR count). The molecule has 0 amide bonds. The average Bonchev–Trinajstić information content (AvgIpc) is 2.68. The molecule has 1 N–H and O–H groups in total. The third kappa shape index (κ3) is 3.12. The molecule has 1 aliphatic heterocycles. The molecule has 0 atom stereocenters. The van der Waals surface area contributed by atoms with E-state index in [2.05, 4.69) is 25.2 Å². The van der Waals surface area contributed by atoms with Crippen LogP contribution in [-0.2, 0) is 22.5 Å². The van der Waals surface area contributed by atoms with E-state index >= 15 is 0 Å². The van der Waals surface area contributed by atoms with Crippen molar-refractivity contribution in [2.24, 2.45) is 0 Å². The van der Waals surface area contributed by atoms with Crippen LogP contribution in [0.3, 0.4) is 0 Å². The molecule has 0 bridgehead atoms. The summed E-state index contributed by atoms with van der Waals surface area (Å²) < 4.78 is 10.6. The largest absolute Gasteiger partial charge is 0.487 e. The number of hydrogen-bond donors (Lipinski definition) is 1. The van der Waals surface area contributed by atoms with Gasteiger partial charge >= 0.3 is 5.97 Å². The average molecular weight is 277 g/mol. The highest BCUT2D eigenvalue weighted by atomic mass is 16.5. The molecule has 0 fully saturated rings. The highest BCUT2D eigenvalue weighted by Crippen LogP contribution is 2.35. The molecular formula is C16H23NO3. The van der Waals surface area contributed by atoms with Crippen LogP contribution in [-0.4, -0.2) is 24.2 Å². The van der Waals surface area contributed by atoms with Gasteiger partial charge in [0.15, 0.2) is 0 Å². The second-order valence-electron chi connectivity index (χ2n) is 6.45. The fourth-order valence-electron chi connectivity index (χ4n) is 2.42. The van der Waals surface area contributed by atoms with Crippen LogP contribution in [0.4, 0.5) is 0 Å². The zero-order chi connectivity index (χ0) is 15.0. The molecule has 4 heteroatoms. The van der Waals surface area contributed by atoms with E-state index in [0.717, 1.165) is 17.7 Å². The fraction of sp³-hybridized carbons (Fsp3) is 0.562. The molecule has 1 aromatic rings. The van der Waals surface area contributed by atoms with Crippen molar-refractivity contribution in [1.82, 2.24) is 5.32 Å². The Labute approximate surface area is 120 Å². The maximum Gasteiger partial charge on any atom is 0.325 e. The van der Waals surface area contributed by atoms with Crippen LogP contribution in [0, 0.1) is 0 Å². The maximum absolute atomic E-state index is 11.6. The zero-order valence-electron chi connectivity index (χ0n) is 12.9. The number of esters is 1. The van der Waals surface area contributed by atoms with E-state index in [1.807, 2.05) is 26.0 Å². The minimum Gasteiger partial charge on any atom is -0.487 e. The number of carbonyl (C=O) groups excluding carboxylic acids is 1. The van der Waals surface area contributed by atoms with Crippen molar-refractivity contribution in [1.29, 1.82) is 0 Å². The Hall–Kier alpha value is -1.55. The summed E-state index contributed by atoms with van der Waals surface area (Å²) in [7, 11) is 1.40. The van der Waals surface area contributed by atoms with E-state index in [0.29, 0.717) is 6.54 Å². The first-order valence-electron chi connectivity index (χ1n) is 6.88. The third-order valence-electron chi connectivity index (χ3n) is 3.56. The lowest BCUT2D eigenvalue weighted by Crippen LogP contribution is -2.46. The zero-order valence-corrected chi connectivity index (χ0v) is 12.9. The van der Waals surface area contributed by atoms with E-state index < -0.39 is 5.54 Å². The van der Waals surface area contributed by atoms with Gasteiger partial charge in [0.05, 0.1) is 7.11 Å². The van der Waals surface area contributed by atoms with E-state index in [9.17, 15) is 4.79 Å². The van der Waals surface area contributed by atoms with E-state index in [-0.39, 0.29) is 11.6 Å². The fourth-order valence-corrected chi connectivity index (χ4v) is 2.42. The number of hydrogen-bond acceptors (Lipinski definition) is 4. The standard InChI is InChI=1S/C16H23NO3/c1-15(2)9-12-8-11(6-7-13(12)20-15)10-17-16(3,4)14(18)19-5/h6-8,17H,9-10H2,1-5H3. The first kappa shape index (κ1) is 14.9. The van der Waals surface area contributed by atoms with Crippen molar-refractivity contribution < 1.29 is 14.3 Å². The summed E-state index contributed by atoms with van der Waals surface area (Å²) in [6, 6.07) is 6.18. The molecule has 0 aliphatic carbocycles. The van der Waals surface area contributed by atoms with Gasteiger partial charge in [-0.3, -0.25) is 10.1 Å². The highest BCUT2D eigenvalue weighted by Gasteiger charge is 2.31. The van der Waals surface area contributed by atoms with Gasteiger partial charge in [-0.05, 0) is 44.9 Å². The smallest absolute Gasteiger partial charge is 0.325 e. The van der Waals surface area contributed by atoms with Crippen LogP contribution in [0.1, 0.15) is 38.8 Å². The molecule has 1 aliphatic rings. The summed E-state index contributed by atoms with van der Waals surface area (Å²) in [5.74, 6) is 0.703. The Balaban J connectivity index is 2.05. The summed E-state index contributed by atoms with van der Waals surface area (Å²) in [4.78, 5) is 11.6. The third-order valence-corrected chi connectivity index (χ3v) is 3.56. The molecule has 1 aromatic carbocycles. The van der Waals surface area contributed by atoms with Gasteiger partial charge in [0, 0.05) is 13.0 Å². The lowest BCUT2D eigenvalue weighted by Gasteiger charge is -2.23. The van der Waals surface area contributed by atoms with E-state index in [1.165, 1.54) is 12.7 Å². The topological polar surface area (TPSA) is 47.6 Å². The van der Waals surface area contributed by atoms with Crippen molar-refractivity contribution in [2.75, 3.05) is 7.11 Å². The van der Waals surface area contributed by atoms with Gasteiger partial charge < -0.3 is 9.47 Å². The van der Waals surface area contributed by atoms with Crippen LogP contribution in [0.2, 0.25) is 0 Å². The molecule has 0 saturated carbocycles. The van der Waals surface area contributed by atoms with Crippen LogP contribution in [0.15, 0.2) is 18.2 Å². The Morgan fingerprint density at radius 2 is 2.15 bits per heavy atom. The van der Waals surface area contributed by atoms with Crippen LogP contribution in [0.25, 0.3) is 0 Å². The minimum atomic E-state index is -0.691. The number of ether oxygens (including phenoxy) is 2. The summed E-state index contributed by atoms with van der Waals surface area (Å²) in [6.07, 6.45) is 0.913. The van der Waals surface area contributed by atoms with Crippen LogP contribution < -0.4 is 10.1 Å². The van der Waals surface area contributed by atoms with Crippen molar-refractivity contribution in [3.8, 4) is 5.75 Å². The Bertz CT molecular complexity index is 520. The van der Waals surface area contributed by atoms with E-state index in [4.69, 9.17) is 9.47 Å². The predicted molar refractivity (Wildman–Crippen MR) is 77.8 cm³/mol. The SMILES string of the molecule is COC(=O)C(C)(C)NCc1ccc2c(c1)CC(C)(C)O2. The Kier molecular flexibility index (Phi) is 3.78. The molecule has 20 heavy (non-hydrogen) atoms. The van der Waals surface area contributed by atoms with Crippen molar-refractivity contribution in [2.45, 2.75) is 51.8 Å². The van der Waals surface area contributed by atoms with Gasteiger partial charge in [-0.2, -0.15) is 0 Å². The van der Waals surface area contributed by atoms with Crippen molar-refractivity contribution >= 4 is 5.97 Å². The summed E-state index contributed by atoms with van der Waals surface area (Å²) in [6.45, 7) is 8.43. The van der Waals surface area contributed by atoms with Gasteiger partial charge in [-0.25, -0.2) is 0 Å². The van der Waals surface area contributed by atoms with Gasteiger partial charge in [-0.15, -0.1) is 0 Å². The predicted octanol–water partition coefficient (Wildman–Crippen LogP) is 2.44. The highest BCUT2D eigenvalue weighted by molar-refractivity contribution is 5.79. The molecule has 0 spiro atoms. The number of fused-ring (bicyclic) bond motifs is 1. The monoisotopic (exact) mass is 277 g/mol. The van der Waals surface area contributed by atoms with Gasteiger partial charge in [-0.1, -0.05) is 12.1 Å². The van der Waals surface area contributed by atoms with Crippen molar-refractivity contribution in [3.63, 3.8) is 0 Å². The summed E-state index contributed by atoms with van der Waals surface area (Å²) in [5, 5.41) is 3.22. The molecule has 110 valence electrons. The first-order chi connectivity index (χ1) is 9.23. The molecule has 0 radical (unpaired) electrons. The number of methoxy groups -OCH3 is 1. The number of carbonyl (C=O) groups is 1. The quantitative estimate of drug-likeness (QED) is 0.859. The number of benzene rings is 1. The van der Waals surface area contributed by atoms with Crippen molar-refractivity contribution in [3.05, 3.63) is 29.3 Å². The Morgan fingerprint density at radius 3 is 2.80 bits per heavy atom. The summed E-state index contributed by atoms with van der Waals surface area (Å²) in [5.41, 5.74) is 1.55.